The molecule has 0 bridgehead atoms. The van der Waals surface area contributed by atoms with Crippen LogP contribution in [0.25, 0.3) is 17.2 Å². The quantitative estimate of drug-likeness (QED) is 0.592. The average Bonchev–Trinajstić information content (AvgIpc) is 3.64. The van der Waals surface area contributed by atoms with E-state index in [0.29, 0.717) is 29.9 Å². The summed E-state index contributed by atoms with van der Waals surface area (Å²) in [5.74, 6) is 2.12. The number of fused-ring (bicyclic) bond motifs is 3. The highest BCUT2D eigenvalue weighted by molar-refractivity contribution is 5.95. The number of likely N-dealkylation sites (tertiary alicyclic amines) is 1. The van der Waals surface area contributed by atoms with Crippen molar-refractivity contribution >= 4 is 5.91 Å². The number of carbonyl (C=O) groups is 1. The molecule has 0 unspecified atom stereocenters. The number of benzene rings is 1. The SMILES string of the molecule is COc1ccc2c(c1)-c1nc(-n3ncc(C(=O)NC[C@H]4CCCN(C)C4)c3C3CC3)ncc1CC2. The minimum atomic E-state index is -0.0422. The first-order valence-electron chi connectivity index (χ1n) is 12.7. The van der Waals surface area contributed by atoms with Crippen molar-refractivity contribution in [2.45, 2.75) is 44.4 Å². The standard InChI is InChI=1S/C27H32N6O2/c1-32-11-3-4-17(16-32)13-28-26(34)23-15-30-33(25(23)19-6-7-19)27-29-14-20-8-5-18-9-10-21(35-2)12-22(18)24(20)31-27/h9-10,12,14-15,17,19H,3-8,11,13,16H2,1-2H3,(H,28,34)/t17-/m1/s1. The van der Waals surface area contributed by atoms with Gasteiger partial charge in [-0.2, -0.15) is 5.10 Å². The van der Waals surface area contributed by atoms with Gasteiger partial charge in [-0.1, -0.05) is 6.07 Å². The van der Waals surface area contributed by atoms with E-state index in [1.807, 2.05) is 12.3 Å². The van der Waals surface area contributed by atoms with Gasteiger partial charge >= 0.3 is 0 Å². The summed E-state index contributed by atoms with van der Waals surface area (Å²) in [4.78, 5) is 25.2. The first-order chi connectivity index (χ1) is 17.1. The van der Waals surface area contributed by atoms with Crippen LogP contribution < -0.4 is 10.1 Å². The van der Waals surface area contributed by atoms with Crippen LogP contribution in [-0.4, -0.2) is 64.3 Å². The number of aromatic nitrogens is 4. The summed E-state index contributed by atoms with van der Waals surface area (Å²) >= 11 is 0. The Balaban J connectivity index is 1.30. The predicted octanol–water partition coefficient (Wildman–Crippen LogP) is 3.39. The Morgan fingerprint density at radius 3 is 2.83 bits per heavy atom. The molecule has 1 atom stereocenters. The Kier molecular flexibility index (Phi) is 5.76. The van der Waals surface area contributed by atoms with Crippen molar-refractivity contribution in [2.24, 2.45) is 5.92 Å². The molecular weight excluding hydrogens is 440 g/mol. The number of hydrogen-bond donors (Lipinski definition) is 1. The van der Waals surface area contributed by atoms with E-state index in [0.717, 1.165) is 73.5 Å². The fourth-order valence-electron chi connectivity index (χ4n) is 5.52. The van der Waals surface area contributed by atoms with Gasteiger partial charge in [-0.3, -0.25) is 4.79 Å². The fraction of sp³-hybridized carbons (Fsp3) is 0.481. The van der Waals surface area contributed by atoms with Crippen molar-refractivity contribution in [3.05, 3.63) is 53.0 Å². The number of rotatable bonds is 6. The average molecular weight is 473 g/mol. The fourth-order valence-corrected chi connectivity index (χ4v) is 5.52. The molecule has 1 aromatic carbocycles. The molecular formula is C27H32N6O2. The molecule has 8 heteroatoms. The van der Waals surface area contributed by atoms with Crippen molar-refractivity contribution in [2.75, 3.05) is 33.8 Å². The third kappa shape index (κ3) is 4.31. The van der Waals surface area contributed by atoms with Gasteiger partial charge in [0.25, 0.3) is 11.9 Å². The molecule has 35 heavy (non-hydrogen) atoms. The van der Waals surface area contributed by atoms with Crippen molar-refractivity contribution < 1.29 is 9.53 Å². The minimum Gasteiger partial charge on any atom is -0.497 e. The summed E-state index contributed by atoms with van der Waals surface area (Å²) in [5.41, 5.74) is 6.00. The third-order valence-corrected chi connectivity index (χ3v) is 7.57. The highest BCUT2D eigenvalue weighted by Gasteiger charge is 2.34. The molecule has 1 amide bonds. The number of amides is 1. The smallest absolute Gasteiger partial charge is 0.254 e. The minimum absolute atomic E-state index is 0.0422. The predicted molar refractivity (Wildman–Crippen MR) is 133 cm³/mol. The summed E-state index contributed by atoms with van der Waals surface area (Å²) in [6.45, 7) is 2.87. The molecule has 1 N–H and O–H groups in total. The topological polar surface area (TPSA) is 85.2 Å². The maximum absolute atomic E-state index is 13.2. The lowest BCUT2D eigenvalue weighted by Gasteiger charge is -2.29. The zero-order valence-electron chi connectivity index (χ0n) is 20.5. The molecule has 0 radical (unpaired) electrons. The van der Waals surface area contributed by atoms with Gasteiger partial charge in [0.05, 0.1) is 30.3 Å². The Bertz CT molecular complexity index is 1260. The molecule has 1 saturated heterocycles. The maximum Gasteiger partial charge on any atom is 0.254 e. The molecule has 3 heterocycles. The largest absolute Gasteiger partial charge is 0.497 e. The van der Waals surface area contributed by atoms with E-state index in [1.165, 1.54) is 12.0 Å². The molecule has 8 nitrogen and oxygen atoms in total. The van der Waals surface area contributed by atoms with Crippen LogP contribution in [0.4, 0.5) is 0 Å². The van der Waals surface area contributed by atoms with Gasteiger partial charge in [0.2, 0.25) is 0 Å². The molecule has 2 fully saturated rings. The second-order valence-electron chi connectivity index (χ2n) is 10.2. The van der Waals surface area contributed by atoms with Crippen LogP contribution >= 0.6 is 0 Å². The molecule has 0 spiro atoms. The highest BCUT2D eigenvalue weighted by atomic mass is 16.5. The Morgan fingerprint density at radius 1 is 1.17 bits per heavy atom. The normalized spacial score (nSPS) is 19.7. The second-order valence-corrected chi connectivity index (χ2v) is 10.2. The molecule has 182 valence electrons. The number of hydrogen-bond acceptors (Lipinski definition) is 6. The molecule has 1 aliphatic heterocycles. The number of methoxy groups -OCH3 is 1. The summed E-state index contributed by atoms with van der Waals surface area (Å²) in [6.07, 6.45) is 9.95. The monoisotopic (exact) mass is 472 g/mol. The zero-order valence-corrected chi connectivity index (χ0v) is 20.5. The van der Waals surface area contributed by atoms with Crippen molar-refractivity contribution in [3.63, 3.8) is 0 Å². The van der Waals surface area contributed by atoms with Crippen LogP contribution in [-0.2, 0) is 12.8 Å². The lowest BCUT2D eigenvalue weighted by atomic mass is 9.90. The highest BCUT2D eigenvalue weighted by Crippen LogP contribution is 2.42. The van der Waals surface area contributed by atoms with Gasteiger partial charge in [0, 0.05) is 30.8 Å². The van der Waals surface area contributed by atoms with E-state index in [1.54, 1.807) is 18.0 Å². The summed E-state index contributed by atoms with van der Waals surface area (Å²) in [5, 5.41) is 7.79. The summed E-state index contributed by atoms with van der Waals surface area (Å²) in [7, 11) is 3.83. The van der Waals surface area contributed by atoms with Crippen LogP contribution in [0.5, 0.6) is 5.75 Å². The molecule has 2 aliphatic carbocycles. The third-order valence-electron chi connectivity index (χ3n) is 7.57. The molecule has 3 aliphatic rings. The first-order valence-corrected chi connectivity index (χ1v) is 12.7. The van der Waals surface area contributed by atoms with Crippen molar-refractivity contribution in [3.8, 4) is 23.0 Å². The second kappa shape index (κ2) is 9.07. The lowest BCUT2D eigenvalue weighted by molar-refractivity contribution is 0.0935. The van der Waals surface area contributed by atoms with Gasteiger partial charge in [0.15, 0.2) is 0 Å². The van der Waals surface area contributed by atoms with E-state index in [2.05, 4.69) is 39.5 Å². The lowest BCUT2D eigenvalue weighted by Crippen LogP contribution is -2.39. The zero-order chi connectivity index (χ0) is 23.9. The van der Waals surface area contributed by atoms with E-state index in [4.69, 9.17) is 9.72 Å². The molecule has 1 saturated carbocycles. The number of nitrogens with one attached hydrogen (secondary N) is 1. The van der Waals surface area contributed by atoms with Gasteiger partial charge in [-0.25, -0.2) is 14.6 Å². The molecule has 2 aromatic heterocycles. The molecule has 3 aromatic rings. The van der Waals surface area contributed by atoms with Crippen molar-refractivity contribution in [1.29, 1.82) is 0 Å². The van der Waals surface area contributed by atoms with E-state index < -0.39 is 0 Å². The number of ether oxygens (including phenoxy) is 1. The van der Waals surface area contributed by atoms with E-state index >= 15 is 0 Å². The van der Waals surface area contributed by atoms with Crippen molar-refractivity contribution in [1.82, 2.24) is 30.0 Å². The number of carbonyl (C=O) groups excluding carboxylic acids is 1. The number of piperidine rings is 1. The van der Waals surface area contributed by atoms with Gasteiger partial charge in [-0.15, -0.1) is 0 Å². The number of nitrogens with zero attached hydrogens (tertiary/aromatic N) is 5. The van der Waals surface area contributed by atoms with E-state index in [-0.39, 0.29) is 5.91 Å². The van der Waals surface area contributed by atoms with Gasteiger partial charge < -0.3 is 15.0 Å². The van der Waals surface area contributed by atoms with Crippen LogP contribution in [0, 0.1) is 5.92 Å². The van der Waals surface area contributed by atoms with Crippen LogP contribution in [0.2, 0.25) is 0 Å². The summed E-state index contributed by atoms with van der Waals surface area (Å²) in [6, 6.07) is 6.17. The van der Waals surface area contributed by atoms with Crippen LogP contribution in [0.15, 0.2) is 30.6 Å². The van der Waals surface area contributed by atoms with E-state index in [9.17, 15) is 4.79 Å². The first kappa shape index (κ1) is 22.2. The maximum atomic E-state index is 13.2. The van der Waals surface area contributed by atoms with Gasteiger partial charge in [0.1, 0.15) is 5.75 Å². The van der Waals surface area contributed by atoms with Crippen LogP contribution in [0.1, 0.15) is 58.8 Å². The summed E-state index contributed by atoms with van der Waals surface area (Å²) < 4.78 is 7.25. The van der Waals surface area contributed by atoms with Gasteiger partial charge in [-0.05, 0) is 81.3 Å². The Hall–Kier alpha value is -3.26. The van der Waals surface area contributed by atoms with Crippen LogP contribution in [0.3, 0.4) is 0 Å². The Labute approximate surface area is 205 Å². The number of aryl methyl sites for hydroxylation is 2. The molecule has 6 rings (SSSR count). The Morgan fingerprint density at radius 2 is 2.03 bits per heavy atom.